The number of imidazole rings is 1. The van der Waals surface area contributed by atoms with Crippen LogP contribution in [-0.2, 0) is 13.5 Å². The Morgan fingerprint density at radius 1 is 1.25 bits per heavy atom. The van der Waals surface area contributed by atoms with E-state index >= 15 is 0 Å². The van der Waals surface area contributed by atoms with Crippen molar-refractivity contribution in [3.05, 3.63) is 42.1 Å². The molecule has 0 fully saturated rings. The Bertz CT molecular complexity index is 828. The summed E-state index contributed by atoms with van der Waals surface area (Å²) in [5.74, 6) is 0.189. The van der Waals surface area contributed by atoms with Gasteiger partial charge in [-0.1, -0.05) is 0 Å². The zero-order chi connectivity index (χ0) is 13.7. The number of hydrogen-bond donors (Lipinski definition) is 0. The molecule has 0 amide bonds. The average molecular weight is 266 g/mol. The van der Waals surface area contributed by atoms with Gasteiger partial charge in [-0.05, 0) is 31.0 Å². The van der Waals surface area contributed by atoms with E-state index < -0.39 is 0 Å². The highest BCUT2D eigenvalue weighted by Crippen LogP contribution is 2.25. The van der Waals surface area contributed by atoms with E-state index in [1.54, 1.807) is 6.33 Å². The van der Waals surface area contributed by atoms with Gasteiger partial charge in [-0.25, -0.2) is 4.98 Å². The Morgan fingerprint density at radius 2 is 2.15 bits per heavy atom. The molecular formula is C15H14N4O. The number of aryl methyl sites for hydroxylation is 2. The summed E-state index contributed by atoms with van der Waals surface area (Å²) in [5.41, 5.74) is 3.68. The second-order valence-electron chi connectivity index (χ2n) is 5.20. The zero-order valence-electron chi connectivity index (χ0n) is 11.2. The van der Waals surface area contributed by atoms with Crippen LogP contribution in [0.1, 0.15) is 29.0 Å². The second-order valence-corrected chi connectivity index (χ2v) is 5.20. The largest absolute Gasteiger partial charge is 0.296 e. The molecule has 0 radical (unpaired) electrons. The quantitative estimate of drug-likeness (QED) is 0.679. The molecule has 0 N–H and O–H groups in total. The predicted octanol–water partition coefficient (Wildman–Crippen LogP) is 2.28. The molecule has 3 aromatic rings. The van der Waals surface area contributed by atoms with E-state index in [0.29, 0.717) is 6.42 Å². The first-order valence-electron chi connectivity index (χ1n) is 6.75. The van der Waals surface area contributed by atoms with Crippen molar-refractivity contribution in [2.75, 3.05) is 0 Å². The van der Waals surface area contributed by atoms with Crippen LogP contribution in [0.3, 0.4) is 0 Å². The molecule has 0 saturated heterocycles. The maximum Gasteiger partial charge on any atom is 0.181 e. The van der Waals surface area contributed by atoms with Crippen molar-refractivity contribution in [1.82, 2.24) is 19.3 Å². The molecule has 0 saturated carbocycles. The van der Waals surface area contributed by atoms with E-state index in [1.165, 1.54) is 0 Å². The van der Waals surface area contributed by atoms with Crippen molar-refractivity contribution in [3.8, 4) is 5.69 Å². The molecule has 2 aromatic heterocycles. The van der Waals surface area contributed by atoms with Crippen molar-refractivity contribution >= 4 is 16.7 Å². The third kappa shape index (κ3) is 1.52. The number of rotatable bonds is 1. The van der Waals surface area contributed by atoms with Crippen LogP contribution < -0.4 is 0 Å². The summed E-state index contributed by atoms with van der Waals surface area (Å²) in [5, 5.41) is 5.34. The van der Waals surface area contributed by atoms with E-state index in [1.807, 2.05) is 40.7 Å². The molecule has 0 aliphatic heterocycles. The maximum atomic E-state index is 12.1. The number of nitrogens with zero attached hydrogens (tertiary/aromatic N) is 4. The van der Waals surface area contributed by atoms with Crippen molar-refractivity contribution < 1.29 is 4.79 Å². The lowest BCUT2D eigenvalue weighted by atomic mass is 9.99. The van der Waals surface area contributed by atoms with Crippen LogP contribution in [-0.4, -0.2) is 25.1 Å². The summed E-state index contributed by atoms with van der Waals surface area (Å²) in [6.07, 6.45) is 6.01. The second kappa shape index (κ2) is 4.03. The topological polar surface area (TPSA) is 52.7 Å². The number of carbonyl (C=O) groups is 1. The van der Waals surface area contributed by atoms with Gasteiger partial charge in [-0.15, -0.1) is 0 Å². The molecule has 20 heavy (non-hydrogen) atoms. The summed E-state index contributed by atoms with van der Waals surface area (Å²) < 4.78 is 3.74. The molecule has 1 aromatic carbocycles. The normalized spacial score (nSPS) is 14.8. The number of fused-ring (bicyclic) bond motifs is 2. The molecule has 0 atom stereocenters. The molecule has 5 nitrogen and oxygen atoms in total. The number of aromatic nitrogens is 4. The molecule has 0 spiro atoms. The lowest BCUT2D eigenvalue weighted by Gasteiger charge is -2.13. The molecule has 1 aliphatic carbocycles. The van der Waals surface area contributed by atoms with Crippen LogP contribution in [0.4, 0.5) is 0 Å². The minimum atomic E-state index is 0.189. The van der Waals surface area contributed by atoms with Gasteiger partial charge in [-0.2, -0.15) is 5.10 Å². The van der Waals surface area contributed by atoms with Crippen LogP contribution in [0.15, 0.2) is 30.7 Å². The first-order chi connectivity index (χ1) is 9.74. The van der Waals surface area contributed by atoms with Crippen molar-refractivity contribution in [3.63, 3.8) is 0 Å². The number of carbonyl (C=O) groups excluding carboxylic acids is 1. The summed E-state index contributed by atoms with van der Waals surface area (Å²) in [4.78, 5) is 16.5. The molecular weight excluding hydrogens is 252 g/mol. The number of hydrogen-bond acceptors (Lipinski definition) is 3. The summed E-state index contributed by atoms with van der Waals surface area (Å²) >= 11 is 0. The number of ketones is 1. The average Bonchev–Trinajstić information content (AvgIpc) is 3.04. The summed E-state index contributed by atoms with van der Waals surface area (Å²) in [6, 6.07) is 6.08. The van der Waals surface area contributed by atoms with E-state index in [0.717, 1.165) is 40.8 Å². The van der Waals surface area contributed by atoms with Gasteiger partial charge in [0.2, 0.25) is 0 Å². The Morgan fingerprint density at radius 3 is 3.05 bits per heavy atom. The molecule has 4 rings (SSSR count). The Balaban J connectivity index is 1.93. The van der Waals surface area contributed by atoms with Gasteiger partial charge in [0.05, 0.1) is 17.4 Å². The minimum Gasteiger partial charge on any atom is -0.296 e. The van der Waals surface area contributed by atoms with Crippen molar-refractivity contribution in [2.45, 2.75) is 19.3 Å². The summed E-state index contributed by atoms with van der Waals surface area (Å²) in [6.45, 7) is 0. The van der Waals surface area contributed by atoms with E-state index in [-0.39, 0.29) is 5.78 Å². The first kappa shape index (κ1) is 11.4. The lowest BCUT2D eigenvalue weighted by Crippen LogP contribution is -2.14. The van der Waals surface area contributed by atoms with E-state index in [9.17, 15) is 4.79 Å². The fourth-order valence-electron chi connectivity index (χ4n) is 2.88. The highest BCUT2D eigenvalue weighted by molar-refractivity contribution is 5.97. The summed E-state index contributed by atoms with van der Waals surface area (Å²) in [7, 11) is 1.92. The SMILES string of the molecule is Cn1ncc2ccc(-n3cnc4c3C(=O)CCC4)cc21. The van der Waals surface area contributed by atoms with Crippen LogP contribution in [0.2, 0.25) is 0 Å². The smallest absolute Gasteiger partial charge is 0.181 e. The third-order valence-corrected chi connectivity index (χ3v) is 3.94. The van der Waals surface area contributed by atoms with Gasteiger partial charge in [0.1, 0.15) is 12.0 Å². The Hall–Kier alpha value is -2.43. The predicted molar refractivity (Wildman–Crippen MR) is 75.1 cm³/mol. The zero-order valence-corrected chi connectivity index (χ0v) is 11.2. The van der Waals surface area contributed by atoms with E-state index in [4.69, 9.17) is 0 Å². The van der Waals surface area contributed by atoms with Crippen LogP contribution in [0.5, 0.6) is 0 Å². The highest BCUT2D eigenvalue weighted by Gasteiger charge is 2.23. The van der Waals surface area contributed by atoms with Gasteiger partial charge >= 0.3 is 0 Å². The fourth-order valence-corrected chi connectivity index (χ4v) is 2.88. The molecule has 2 heterocycles. The molecule has 100 valence electrons. The van der Waals surface area contributed by atoms with Crippen LogP contribution >= 0.6 is 0 Å². The Kier molecular flexibility index (Phi) is 2.30. The minimum absolute atomic E-state index is 0.189. The Labute approximate surface area is 115 Å². The van der Waals surface area contributed by atoms with Crippen LogP contribution in [0, 0.1) is 0 Å². The monoisotopic (exact) mass is 266 g/mol. The first-order valence-corrected chi connectivity index (χ1v) is 6.75. The van der Waals surface area contributed by atoms with Gasteiger partial charge in [0, 0.05) is 24.5 Å². The number of Topliss-reactive ketones (excluding diaryl/α,β-unsaturated/α-hetero) is 1. The fraction of sp³-hybridized carbons (Fsp3) is 0.267. The standard InChI is InChI=1S/C15H14N4O/c1-18-13-7-11(6-5-10(13)8-17-18)19-9-16-12-3-2-4-14(20)15(12)19/h5-9H,2-4H2,1H3. The van der Waals surface area contributed by atoms with Gasteiger partial charge in [-0.3, -0.25) is 14.0 Å². The molecule has 0 bridgehead atoms. The molecule has 5 heteroatoms. The maximum absolute atomic E-state index is 12.1. The van der Waals surface area contributed by atoms with Gasteiger partial charge in [0.25, 0.3) is 0 Å². The highest BCUT2D eigenvalue weighted by atomic mass is 16.1. The number of benzene rings is 1. The third-order valence-electron chi connectivity index (χ3n) is 3.94. The lowest BCUT2D eigenvalue weighted by molar-refractivity contribution is 0.0965. The van der Waals surface area contributed by atoms with E-state index in [2.05, 4.69) is 10.1 Å². The van der Waals surface area contributed by atoms with Gasteiger partial charge < -0.3 is 0 Å². The molecule has 1 aliphatic rings. The van der Waals surface area contributed by atoms with Gasteiger partial charge in [0.15, 0.2) is 5.78 Å². The van der Waals surface area contributed by atoms with Crippen molar-refractivity contribution in [1.29, 1.82) is 0 Å². The van der Waals surface area contributed by atoms with Crippen molar-refractivity contribution in [2.24, 2.45) is 7.05 Å². The van der Waals surface area contributed by atoms with Crippen LogP contribution in [0.25, 0.3) is 16.6 Å². The molecule has 0 unspecified atom stereocenters.